The van der Waals surface area contributed by atoms with Gasteiger partial charge in [-0.2, -0.15) is 4.31 Å². The highest BCUT2D eigenvalue weighted by Crippen LogP contribution is 2.38. The molecule has 0 fully saturated rings. The lowest BCUT2D eigenvalue weighted by atomic mass is 10.1. The molecule has 39 heavy (non-hydrogen) atoms. The van der Waals surface area contributed by atoms with Crippen molar-refractivity contribution in [1.29, 1.82) is 0 Å². The summed E-state index contributed by atoms with van der Waals surface area (Å²) in [6.07, 6.45) is 0.457. The Labute approximate surface area is 230 Å². The van der Waals surface area contributed by atoms with E-state index in [4.69, 9.17) is 18.9 Å². The molecule has 0 aromatic heterocycles. The van der Waals surface area contributed by atoms with Crippen LogP contribution < -0.4 is 18.9 Å². The zero-order chi connectivity index (χ0) is 28.6. The molecule has 0 saturated carbocycles. The Bertz CT molecular complexity index is 1350. The number of carbonyl (C=O) groups excluding carboxylic acids is 1. The highest BCUT2D eigenvalue weighted by atomic mass is 32.2. The minimum Gasteiger partial charge on any atom is -0.496 e. The molecule has 0 aliphatic heterocycles. The molecule has 0 heterocycles. The predicted octanol–water partition coefficient (Wildman–Crippen LogP) is 3.92. The van der Waals surface area contributed by atoms with Gasteiger partial charge >= 0.3 is 0 Å². The van der Waals surface area contributed by atoms with Crippen molar-refractivity contribution in [3.63, 3.8) is 0 Å². The molecule has 0 N–H and O–H groups in total. The summed E-state index contributed by atoms with van der Waals surface area (Å²) in [5.41, 5.74) is 2.40. The third-order valence-corrected chi connectivity index (χ3v) is 8.22. The molecule has 0 atom stereocenters. The van der Waals surface area contributed by atoms with Gasteiger partial charge in [0, 0.05) is 20.1 Å². The third-order valence-electron chi connectivity index (χ3n) is 6.38. The lowest BCUT2D eigenvalue weighted by Crippen LogP contribution is -2.42. The van der Waals surface area contributed by atoms with Crippen molar-refractivity contribution in [3.8, 4) is 23.0 Å². The van der Waals surface area contributed by atoms with Crippen molar-refractivity contribution in [1.82, 2.24) is 9.21 Å². The first kappa shape index (κ1) is 29.8. The van der Waals surface area contributed by atoms with Crippen LogP contribution in [-0.2, 0) is 27.8 Å². The lowest BCUT2D eigenvalue weighted by molar-refractivity contribution is -0.130. The summed E-state index contributed by atoms with van der Waals surface area (Å²) in [5.74, 6) is 1.62. The standard InChI is InChI=1S/C29H36N2O7S/c1-21-16-24(12-13-25(21)35-3)39(33,34)31(15-14-22-10-8-7-9-11-22)20-28(32)30(2)19-23-17-26(36-4)29(38-6)27(18-23)37-5/h7-13,16-18H,14-15,19-20H2,1-6H3. The van der Waals surface area contributed by atoms with Crippen molar-refractivity contribution >= 4 is 15.9 Å². The van der Waals surface area contributed by atoms with E-state index in [1.165, 1.54) is 43.7 Å². The fourth-order valence-electron chi connectivity index (χ4n) is 4.20. The molecule has 3 aromatic carbocycles. The average molecular weight is 557 g/mol. The molecule has 1 amide bonds. The zero-order valence-electron chi connectivity index (χ0n) is 23.3. The fraction of sp³-hybridized carbons (Fsp3) is 0.345. The number of benzene rings is 3. The van der Waals surface area contributed by atoms with Crippen molar-refractivity contribution < 1.29 is 32.2 Å². The average Bonchev–Trinajstić information content (AvgIpc) is 2.94. The van der Waals surface area contributed by atoms with Crippen molar-refractivity contribution in [2.45, 2.75) is 24.8 Å². The van der Waals surface area contributed by atoms with Crippen LogP contribution in [0, 0.1) is 6.92 Å². The Morgan fingerprint density at radius 1 is 0.795 bits per heavy atom. The molecule has 0 saturated heterocycles. The van der Waals surface area contributed by atoms with Gasteiger partial charge in [-0.05, 0) is 60.4 Å². The monoisotopic (exact) mass is 556 g/mol. The van der Waals surface area contributed by atoms with E-state index in [0.717, 1.165) is 11.1 Å². The van der Waals surface area contributed by atoms with Gasteiger partial charge < -0.3 is 23.8 Å². The maximum Gasteiger partial charge on any atom is 0.243 e. The maximum atomic E-state index is 13.7. The van der Waals surface area contributed by atoms with Gasteiger partial charge in [0.2, 0.25) is 21.7 Å². The Balaban J connectivity index is 1.86. The van der Waals surface area contributed by atoms with Gasteiger partial charge in [-0.25, -0.2) is 8.42 Å². The van der Waals surface area contributed by atoms with Gasteiger partial charge in [-0.15, -0.1) is 0 Å². The number of likely N-dealkylation sites (N-methyl/N-ethyl adjacent to an activating group) is 1. The normalized spacial score (nSPS) is 11.3. The molecule has 0 bridgehead atoms. The van der Waals surface area contributed by atoms with E-state index in [-0.39, 0.29) is 30.4 Å². The highest BCUT2D eigenvalue weighted by molar-refractivity contribution is 7.89. The summed E-state index contributed by atoms with van der Waals surface area (Å²) in [6, 6.07) is 17.8. The zero-order valence-corrected chi connectivity index (χ0v) is 24.1. The third kappa shape index (κ3) is 7.21. The van der Waals surface area contributed by atoms with Crippen LogP contribution in [-0.4, -0.2) is 72.1 Å². The number of amides is 1. The summed E-state index contributed by atoms with van der Waals surface area (Å²) in [7, 11) is 3.74. The van der Waals surface area contributed by atoms with E-state index in [1.807, 2.05) is 30.3 Å². The number of methoxy groups -OCH3 is 4. The topological polar surface area (TPSA) is 94.6 Å². The summed E-state index contributed by atoms with van der Waals surface area (Å²) in [5, 5.41) is 0. The molecule has 210 valence electrons. The second-order valence-corrected chi connectivity index (χ2v) is 10.9. The second-order valence-electron chi connectivity index (χ2n) is 8.99. The van der Waals surface area contributed by atoms with E-state index in [9.17, 15) is 13.2 Å². The van der Waals surface area contributed by atoms with E-state index in [1.54, 1.807) is 38.2 Å². The van der Waals surface area contributed by atoms with Crippen LogP contribution in [0.15, 0.2) is 65.6 Å². The summed E-state index contributed by atoms with van der Waals surface area (Å²) >= 11 is 0. The Kier molecular flexibility index (Phi) is 10.2. The molecule has 0 radical (unpaired) electrons. The van der Waals surface area contributed by atoms with Crippen LogP contribution in [0.1, 0.15) is 16.7 Å². The maximum absolute atomic E-state index is 13.7. The van der Waals surface area contributed by atoms with Crippen LogP contribution >= 0.6 is 0 Å². The van der Waals surface area contributed by atoms with Crippen LogP contribution in [0.4, 0.5) is 0 Å². The lowest BCUT2D eigenvalue weighted by Gasteiger charge is -2.26. The number of aryl methyl sites for hydroxylation is 1. The molecule has 10 heteroatoms. The summed E-state index contributed by atoms with van der Waals surface area (Å²) in [4.78, 5) is 14.9. The molecule has 0 aliphatic carbocycles. The Morgan fingerprint density at radius 3 is 1.95 bits per heavy atom. The molecular formula is C29H36N2O7S. The number of rotatable bonds is 13. The van der Waals surface area contributed by atoms with Gasteiger partial charge in [-0.3, -0.25) is 4.79 Å². The van der Waals surface area contributed by atoms with Crippen molar-refractivity contribution in [3.05, 3.63) is 77.4 Å². The summed E-state index contributed by atoms with van der Waals surface area (Å²) < 4.78 is 50.2. The van der Waals surface area contributed by atoms with Crippen LogP contribution in [0.2, 0.25) is 0 Å². The van der Waals surface area contributed by atoms with Gasteiger partial charge in [0.1, 0.15) is 5.75 Å². The first-order valence-corrected chi connectivity index (χ1v) is 13.8. The largest absolute Gasteiger partial charge is 0.496 e. The van der Waals surface area contributed by atoms with E-state index in [2.05, 4.69) is 0 Å². The van der Waals surface area contributed by atoms with E-state index in [0.29, 0.717) is 35.0 Å². The fourth-order valence-corrected chi connectivity index (χ4v) is 5.68. The highest BCUT2D eigenvalue weighted by Gasteiger charge is 2.28. The van der Waals surface area contributed by atoms with Gasteiger partial charge in [-0.1, -0.05) is 30.3 Å². The Hall–Kier alpha value is -3.76. The summed E-state index contributed by atoms with van der Waals surface area (Å²) in [6.45, 7) is 1.81. The van der Waals surface area contributed by atoms with Crippen LogP contribution in [0.3, 0.4) is 0 Å². The SMILES string of the molecule is COc1ccc(S(=O)(=O)N(CCc2ccccc2)CC(=O)N(C)Cc2cc(OC)c(OC)c(OC)c2)cc1C. The van der Waals surface area contributed by atoms with Crippen molar-refractivity contribution in [2.24, 2.45) is 0 Å². The van der Waals surface area contributed by atoms with Gasteiger partial charge in [0.25, 0.3) is 0 Å². The number of carbonyl (C=O) groups is 1. The molecule has 0 spiro atoms. The molecular weight excluding hydrogens is 520 g/mol. The van der Waals surface area contributed by atoms with Crippen LogP contribution in [0.25, 0.3) is 0 Å². The molecule has 3 aromatic rings. The first-order chi connectivity index (χ1) is 18.6. The second kappa shape index (κ2) is 13.3. The van der Waals surface area contributed by atoms with E-state index < -0.39 is 10.0 Å². The van der Waals surface area contributed by atoms with Crippen molar-refractivity contribution in [2.75, 3.05) is 48.6 Å². The minimum absolute atomic E-state index is 0.106. The molecule has 0 unspecified atom stereocenters. The van der Waals surface area contributed by atoms with Crippen LogP contribution in [0.5, 0.6) is 23.0 Å². The number of hydrogen-bond acceptors (Lipinski definition) is 7. The quantitative estimate of drug-likeness (QED) is 0.315. The van der Waals surface area contributed by atoms with E-state index >= 15 is 0 Å². The smallest absolute Gasteiger partial charge is 0.243 e. The van der Waals surface area contributed by atoms with Gasteiger partial charge in [0.15, 0.2) is 11.5 Å². The number of nitrogens with zero attached hydrogens (tertiary/aromatic N) is 2. The molecule has 0 aliphatic rings. The Morgan fingerprint density at radius 2 is 1.41 bits per heavy atom. The number of sulfonamides is 1. The minimum atomic E-state index is -3.98. The predicted molar refractivity (Wildman–Crippen MR) is 149 cm³/mol. The number of hydrogen-bond donors (Lipinski definition) is 0. The van der Waals surface area contributed by atoms with Gasteiger partial charge in [0.05, 0.1) is 39.9 Å². The first-order valence-electron chi connectivity index (χ1n) is 12.4. The molecule has 9 nitrogen and oxygen atoms in total. The number of ether oxygens (including phenoxy) is 4. The molecule has 3 rings (SSSR count).